The summed E-state index contributed by atoms with van der Waals surface area (Å²) in [6.07, 6.45) is 4.96. The summed E-state index contributed by atoms with van der Waals surface area (Å²) < 4.78 is 0. The zero-order valence-electron chi connectivity index (χ0n) is 12.4. The third-order valence-corrected chi connectivity index (χ3v) is 4.74. The van der Waals surface area contributed by atoms with Crippen molar-refractivity contribution in [2.45, 2.75) is 32.6 Å². The van der Waals surface area contributed by atoms with Crippen LogP contribution in [0.25, 0.3) is 0 Å². The first kappa shape index (κ1) is 14.0. The number of aromatic nitrogens is 1. The van der Waals surface area contributed by atoms with E-state index in [4.69, 9.17) is 0 Å². The molecule has 2 aliphatic rings. The van der Waals surface area contributed by atoms with Crippen LogP contribution in [-0.2, 0) is 11.2 Å². The third kappa shape index (κ3) is 2.77. The third-order valence-electron chi connectivity index (χ3n) is 4.74. The van der Waals surface area contributed by atoms with Gasteiger partial charge in [0.2, 0.25) is 5.91 Å². The molecule has 0 atom stereocenters. The Morgan fingerprint density at radius 3 is 2.67 bits per heavy atom. The molecule has 1 aromatic heterocycles. The zero-order chi connectivity index (χ0) is 14.9. The molecule has 21 heavy (non-hydrogen) atoms. The van der Waals surface area contributed by atoms with Gasteiger partial charge < -0.3 is 10.2 Å². The summed E-state index contributed by atoms with van der Waals surface area (Å²) in [6, 6.07) is 3.78. The molecule has 1 N–H and O–H groups in total. The SMILES string of the molecule is CCc1ccc(C(=O)N2CCC3(CC2)CNC(=O)C3)cn1. The second-order valence-electron chi connectivity index (χ2n) is 6.14. The van der Waals surface area contributed by atoms with Gasteiger partial charge in [-0.1, -0.05) is 6.92 Å². The van der Waals surface area contributed by atoms with E-state index in [-0.39, 0.29) is 17.2 Å². The molecule has 0 aliphatic carbocycles. The van der Waals surface area contributed by atoms with Crippen molar-refractivity contribution in [2.24, 2.45) is 5.41 Å². The number of nitrogens with zero attached hydrogens (tertiary/aromatic N) is 2. The number of nitrogens with one attached hydrogen (secondary N) is 1. The number of amides is 2. The van der Waals surface area contributed by atoms with Crippen molar-refractivity contribution >= 4 is 11.8 Å². The van der Waals surface area contributed by atoms with Gasteiger partial charge >= 0.3 is 0 Å². The number of aryl methyl sites for hydroxylation is 1. The Morgan fingerprint density at radius 2 is 2.14 bits per heavy atom. The molecule has 3 heterocycles. The number of piperidine rings is 1. The average molecular weight is 287 g/mol. The summed E-state index contributed by atoms with van der Waals surface area (Å²) in [4.78, 5) is 30.1. The number of carbonyl (C=O) groups excluding carboxylic acids is 2. The molecule has 5 nitrogen and oxygen atoms in total. The number of hydrogen-bond donors (Lipinski definition) is 1. The molecular formula is C16H21N3O2. The fourth-order valence-corrected chi connectivity index (χ4v) is 3.23. The van der Waals surface area contributed by atoms with Gasteiger partial charge in [-0.15, -0.1) is 0 Å². The second-order valence-corrected chi connectivity index (χ2v) is 6.14. The van der Waals surface area contributed by atoms with Crippen LogP contribution in [0.2, 0.25) is 0 Å². The highest BCUT2D eigenvalue weighted by Gasteiger charge is 2.41. The van der Waals surface area contributed by atoms with Crippen LogP contribution in [0.5, 0.6) is 0 Å². The molecule has 0 aromatic carbocycles. The maximum absolute atomic E-state index is 12.5. The first-order valence-corrected chi connectivity index (χ1v) is 7.63. The first-order valence-electron chi connectivity index (χ1n) is 7.63. The van der Waals surface area contributed by atoms with E-state index in [2.05, 4.69) is 10.3 Å². The van der Waals surface area contributed by atoms with Crippen molar-refractivity contribution in [1.29, 1.82) is 0 Å². The van der Waals surface area contributed by atoms with Gasteiger partial charge in [0.1, 0.15) is 0 Å². The molecule has 0 bridgehead atoms. The molecule has 2 aliphatic heterocycles. The minimum atomic E-state index is 0.0530. The van der Waals surface area contributed by atoms with Crippen molar-refractivity contribution in [3.05, 3.63) is 29.6 Å². The first-order chi connectivity index (χ1) is 10.1. The maximum Gasteiger partial charge on any atom is 0.255 e. The Hall–Kier alpha value is -1.91. The molecule has 0 radical (unpaired) electrons. The summed E-state index contributed by atoms with van der Waals surface area (Å²) in [5.74, 6) is 0.200. The van der Waals surface area contributed by atoms with E-state index in [1.54, 1.807) is 6.20 Å². The van der Waals surface area contributed by atoms with Crippen molar-refractivity contribution in [3.8, 4) is 0 Å². The molecule has 2 saturated heterocycles. The molecule has 2 fully saturated rings. The van der Waals surface area contributed by atoms with Crippen LogP contribution < -0.4 is 5.32 Å². The van der Waals surface area contributed by atoms with E-state index >= 15 is 0 Å². The lowest BCUT2D eigenvalue weighted by molar-refractivity contribution is -0.119. The monoisotopic (exact) mass is 287 g/mol. The summed E-state index contributed by atoms with van der Waals surface area (Å²) in [6.45, 7) is 4.26. The molecule has 112 valence electrons. The predicted molar refractivity (Wildman–Crippen MR) is 78.8 cm³/mol. The fraction of sp³-hybridized carbons (Fsp3) is 0.562. The van der Waals surface area contributed by atoms with Gasteiger partial charge in [-0.25, -0.2) is 0 Å². The zero-order valence-corrected chi connectivity index (χ0v) is 12.4. The summed E-state index contributed by atoms with van der Waals surface area (Å²) in [7, 11) is 0. The maximum atomic E-state index is 12.5. The number of likely N-dealkylation sites (tertiary alicyclic amines) is 1. The normalized spacial score (nSPS) is 20.6. The van der Waals surface area contributed by atoms with Crippen LogP contribution >= 0.6 is 0 Å². The highest BCUT2D eigenvalue weighted by molar-refractivity contribution is 5.94. The molecule has 1 aromatic rings. The molecule has 0 saturated carbocycles. The van der Waals surface area contributed by atoms with Crippen molar-refractivity contribution in [1.82, 2.24) is 15.2 Å². The molecule has 1 spiro atoms. The van der Waals surface area contributed by atoms with Gasteiger partial charge in [0.15, 0.2) is 0 Å². The fourth-order valence-electron chi connectivity index (χ4n) is 3.23. The Bertz CT molecular complexity index is 545. The van der Waals surface area contributed by atoms with Crippen molar-refractivity contribution in [3.63, 3.8) is 0 Å². The van der Waals surface area contributed by atoms with Crippen LogP contribution in [0.15, 0.2) is 18.3 Å². The van der Waals surface area contributed by atoms with Crippen LogP contribution in [0, 0.1) is 5.41 Å². The van der Waals surface area contributed by atoms with E-state index in [0.717, 1.165) is 44.6 Å². The topological polar surface area (TPSA) is 62.3 Å². The van der Waals surface area contributed by atoms with Crippen LogP contribution in [0.4, 0.5) is 0 Å². The Kier molecular flexibility index (Phi) is 3.66. The standard InChI is InChI=1S/C16H21N3O2/c1-2-13-4-3-12(10-17-13)15(21)19-7-5-16(6-8-19)9-14(20)18-11-16/h3-4,10H,2,5-9,11H2,1H3,(H,18,20). The molecule has 5 heteroatoms. The van der Waals surface area contributed by atoms with Gasteiger partial charge in [-0.3, -0.25) is 14.6 Å². The van der Waals surface area contributed by atoms with Gasteiger partial charge in [0.25, 0.3) is 5.91 Å². The number of pyridine rings is 1. The van der Waals surface area contributed by atoms with Crippen LogP contribution in [0.1, 0.15) is 42.2 Å². The van der Waals surface area contributed by atoms with Gasteiger partial charge in [-0.05, 0) is 36.8 Å². The van der Waals surface area contributed by atoms with E-state index in [1.165, 1.54) is 0 Å². The number of rotatable bonds is 2. The average Bonchev–Trinajstić information content (AvgIpc) is 2.88. The molecule has 3 rings (SSSR count). The molecule has 0 unspecified atom stereocenters. The minimum Gasteiger partial charge on any atom is -0.356 e. The second kappa shape index (κ2) is 5.47. The van der Waals surface area contributed by atoms with Gasteiger partial charge in [0, 0.05) is 37.9 Å². The Morgan fingerprint density at radius 1 is 1.38 bits per heavy atom. The Labute approximate surface area is 124 Å². The van der Waals surface area contributed by atoms with Crippen molar-refractivity contribution < 1.29 is 9.59 Å². The van der Waals surface area contributed by atoms with E-state index in [1.807, 2.05) is 24.0 Å². The van der Waals surface area contributed by atoms with E-state index < -0.39 is 0 Å². The number of hydrogen-bond acceptors (Lipinski definition) is 3. The highest BCUT2D eigenvalue weighted by atomic mass is 16.2. The minimum absolute atomic E-state index is 0.0530. The van der Waals surface area contributed by atoms with Gasteiger partial charge in [-0.2, -0.15) is 0 Å². The lowest BCUT2D eigenvalue weighted by atomic mass is 9.77. The summed E-state index contributed by atoms with van der Waals surface area (Å²) >= 11 is 0. The number of carbonyl (C=O) groups is 2. The largest absolute Gasteiger partial charge is 0.356 e. The highest BCUT2D eigenvalue weighted by Crippen LogP contribution is 2.37. The Balaban J connectivity index is 1.63. The quantitative estimate of drug-likeness (QED) is 0.894. The van der Waals surface area contributed by atoms with Crippen LogP contribution in [0.3, 0.4) is 0 Å². The van der Waals surface area contributed by atoms with E-state index in [9.17, 15) is 9.59 Å². The predicted octanol–water partition coefficient (Wildman–Crippen LogP) is 1.39. The molecular weight excluding hydrogens is 266 g/mol. The molecule has 2 amide bonds. The summed E-state index contributed by atoms with van der Waals surface area (Å²) in [5.41, 5.74) is 1.74. The lowest BCUT2D eigenvalue weighted by Gasteiger charge is -2.38. The van der Waals surface area contributed by atoms with Gasteiger partial charge in [0.05, 0.1) is 5.56 Å². The van der Waals surface area contributed by atoms with E-state index in [0.29, 0.717) is 12.0 Å². The van der Waals surface area contributed by atoms with Crippen LogP contribution in [-0.4, -0.2) is 41.3 Å². The lowest BCUT2D eigenvalue weighted by Crippen LogP contribution is -2.44. The van der Waals surface area contributed by atoms with Crippen molar-refractivity contribution in [2.75, 3.05) is 19.6 Å². The smallest absolute Gasteiger partial charge is 0.255 e. The summed E-state index contributed by atoms with van der Waals surface area (Å²) in [5, 5.41) is 2.92.